The fourth-order valence-electron chi connectivity index (χ4n) is 3.95. The zero-order chi connectivity index (χ0) is 22.1. The lowest BCUT2D eigenvalue weighted by Gasteiger charge is -2.33. The summed E-state index contributed by atoms with van der Waals surface area (Å²) in [5.41, 5.74) is 0.824. The minimum absolute atomic E-state index is 0.0502. The first kappa shape index (κ1) is 21.5. The van der Waals surface area contributed by atoms with Crippen LogP contribution in [0.2, 0.25) is 5.02 Å². The van der Waals surface area contributed by atoms with Gasteiger partial charge in [-0.3, -0.25) is 19.0 Å². The minimum atomic E-state index is -0.327. The summed E-state index contributed by atoms with van der Waals surface area (Å²) < 4.78 is 1.34. The van der Waals surface area contributed by atoms with E-state index < -0.39 is 0 Å². The van der Waals surface area contributed by atoms with Crippen LogP contribution >= 0.6 is 22.9 Å². The Morgan fingerprint density at radius 1 is 1.32 bits per heavy atom. The molecule has 9 heteroatoms. The zero-order valence-electron chi connectivity index (χ0n) is 17.4. The summed E-state index contributed by atoms with van der Waals surface area (Å²) in [5, 5.41) is 3.70. The average molecular weight is 459 g/mol. The summed E-state index contributed by atoms with van der Waals surface area (Å²) in [7, 11) is 0. The Hall–Kier alpha value is -2.71. The molecule has 1 saturated heterocycles. The topological polar surface area (TPSA) is 84.3 Å². The predicted octanol–water partition coefficient (Wildman–Crippen LogP) is 4.07. The van der Waals surface area contributed by atoms with Crippen molar-refractivity contribution in [3.8, 4) is 0 Å². The minimum Gasteiger partial charge on any atom is -0.338 e. The lowest BCUT2D eigenvalue weighted by atomic mass is 10.0. The van der Waals surface area contributed by atoms with Crippen LogP contribution in [0.3, 0.4) is 0 Å². The summed E-state index contributed by atoms with van der Waals surface area (Å²) in [6.45, 7) is 4.43. The summed E-state index contributed by atoms with van der Waals surface area (Å²) in [6, 6.07) is 7.04. The number of anilines is 1. The van der Waals surface area contributed by atoms with Gasteiger partial charge in [-0.25, -0.2) is 4.98 Å². The fourth-order valence-corrected chi connectivity index (χ4v) is 5.17. The highest BCUT2D eigenvalue weighted by Crippen LogP contribution is 2.28. The van der Waals surface area contributed by atoms with Crippen molar-refractivity contribution in [1.82, 2.24) is 14.5 Å². The Bertz CT molecular complexity index is 1220. The van der Waals surface area contributed by atoms with Gasteiger partial charge in [-0.15, -0.1) is 11.3 Å². The van der Waals surface area contributed by atoms with Crippen LogP contribution in [0.25, 0.3) is 10.2 Å². The normalized spacial score (nSPS) is 16.5. The third kappa shape index (κ3) is 4.36. The number of nitrogens with one attached hydrogen (secondary N) is 1. The van der Waals surface area contributed by atoms with Crippen LogP contribution in [-0.4, -0.2) is 38.9 Å². The number of rotatable bonds is 4. The summed E-state index contributed by atoms with van der Waals surface area (Å²) >= 11 is 7.14. The number of carbonyl (C=O) groups is 2. The maximum absolute atomic E-state index is 13.1. The number of halogens is 1. The molecule has 3 heterocycles. The number of aromatic nitrogens is 2. The molecule has 1 fully saturated rings. The lowest BCUT2D eigenvalue weighted by molar-refractivity contribution is -0.135. The van der Waals surface area contributed by atoms with Crippen molar-refractivity contribution in [2.45, 2.75) is 45.7 Å². The van der Waals surface area contributed by atoms with Crippen LogP contribution in [0.5, 0.6) is 0 Å². The molecule has 0 unspecified atom stereocenters. The van der Waals surface area contributed by atoms with Gasteiger partial charge in [-0.2, -0.15) is 0 Å². The van der Waals surface area contributed by atoms with Crippen LogP contribution in [0.1, 0.15) is 41.4 Å². The van der Waals surface area contributed by atoms with Gasteiger partial charge in [0.05, 0.1) is 16.6 Å². The summed E-state index contributed by atoms with van der Waals surface area (Å²) in [6.07, 6.45) is 4.47. The number of hydrogen-bond donors (Lipinski definition) is 1. The molecular weight excluding hydrogens is 436 g/mol. The monoisotopic (exact) mass is 458 g/mol. The quantitative estimate of drug-likeness (QED) is 0.638. The molecule has 31 heavy (non-hydrogen) atoms. The number of nitrogens with zero attached hydrogens (tertiary/aromatic N) is 3. The molecule has 1 N–H and O–H groups in total. The molecule has 1 atom stereocenters. The van der Waals surface area contributed by atoms with Gasteiger partial charge in [-0.1, -0.05) is 17.7 Å². The molecule has 2 aromatic heterocycles. The highest BCUT2D eigenvalue weighted by atomic mass is 35.5. The number of benzene rings is 1. The number of amides is 2. The van der Waals surface area contributed by atoms with Crippen molar-refractivity contribution in [2.24, 2.45) is 0 Å². The Balaban J connectivity index is 1.61. The maximum Gasteiger partial charge on any atom is 0.266 e. The van der Waals surface area contributed by atoms with Crippen molar-refractivity contribution in [2.75, 3.05) is 11.9 Å². The maximum atomic E-state index is 13.1. The molecule has 162 valence electrons. The number of thiophene rings is 1. The molecule has 0 spiro atoms. The molecule has 7 nitrogen and oxygen atoms in total. The number of fused-ring (bicyclic) bond motifs is 1. The van der Waals surface area contributed by atoms with Crippen molar-refractivity contribution in [3.05, 3.63) is 56.4 Å². The van der Waals surface area contributed by atoms with E-state index >= 15 is 0 Å². The van der Waals surface area contributed by atoms with E-state index in [1.54, 1.807) is 31.2 Å². The average Bonchev–Trinajstić information content (AvgIpc) is 3.07. The predicted molar refractivity (Wildman–Crippen MR) is 123 cm³/mol. The Morgan fingerprint density at radius 2 is 2.13 bits per heavy atom. The summed E-state index contributed by atoms with van der Waals surface area (Å²) in [4.78, 5) is 45.7. The van der Waals surface area contributed by atoms with Gasteiger partial charge >= 0.3 is 0 Å². The van der Waals surface area contributed by atoms with Crippen LogP contribution in [-0.2, 0) is 11.3 Å². The highest BCUT2D eigenvalue weighted by Gasteiger charge is 2.25. The molecule has 1 aliphatic heterocycles. The largest absolute Gasteiger partial charge is 0.338 e. The van der Waals surface area contributed by atoms with E-state index in [9.17, 15) is 14.4 Å². The van der Waals surface area contributed by atoms with Crippen LogP contribution in [0.15, 0.2) is 35.4 Å². The second kappa shape index (κ2) is 8.80. The van der Waals surface area contributed by atoms with E-state index in [2.05, 4.69) is 10.3 Å². The van der Waals surface area contributed by atoms with E-state index in [0.717, 1.165) is 37.1 Å². The van der Waals surface area contributed by atoms with Crippen molar-refractivity contribution >= 4 is 50.7 Å². The zero-order valence-corrected chi connectivity index (χ0v) is 18.9. The first-order chi connectivity index (χ1) is 14.8. The van der Waals surface area contributed by atoms with Crippen molar-refractivity contribution < 1.29 is 9.59 Å². The van der Waals surface area contributed by atoms with Gasteiger partial charge in [0, 0.05) is 23.3 Å². The Morgan fingerprint density at radius 3 is 2.87 bits per heavy atom. The van der Waals surface area contributed by atoms with Crippen LogP contribution in [0.4, 0.5) is 5.69 Å². The van der Waals surface area contributed by atoms with E-state index in [1.165, 1.54) is 10.9 Å². The van der Waals surface area contributed by atoms with Gasteiger partial charge < -0.3 is 10.2 Å². The van der Waals surface area contributed by atoms with Gasteiger partial charge in [0.15, 0.2) is 0 Å². The number of likely N-dealkylation sites (tertiary alicyclic amines) is 1. The van der Waals surface area contributed by atoms with Gasteiger partial charge in [0.2, 0.25) is 5.91 Å². The standard InChI is InChI=1S/C22H23ClN4O3S/c1-13-6-3-4-9-27(13)17(28)11-26-12-24-21-18(22(26)30)14(2)19(31-21)20(29)25-16-8-5-7-15(23)10-16/h5,7-8,10,12-13H,3-4,6,9,11H2,1-2H3,(H,25,29)/t13-/m0/s1. The van der Waals surface area contributed by atoms with Crippen LogP contribution < -0.4 is 10.9 Å². The molecule has 1 aliphatic rings. The second-order valence-electron chi connectivity index (χ2n) is 7.81. The smallest absolute Gasteiger partial charge is 0.266 e. The van der Waals surface area contributed by atoms with E-state index in [1.807, 2.05) is 11.8 Å². The number of carbonyl (C=O) groups excluding carboxylic acids is 2. The molecule has 0 saturated carbocycles. The van der Waals surface area contributed by atoms with Gasteiger partial charge in [0.25, 0.3) is 11.5 Å². The Kier molecular flexibility index (Phi) is 6.11. The first-order valence-corrected chi connectivity index (χ1v) is 11.4. The summed E-state index contributed by atoms with van der Waals surface area (Å²) in [5.74, 6) is -0.408. The third-order valence-corrected chi connectivity index (χ3v) is 7.07. The molecule has 4 rings (SSSR count). The number of piperidine rings is 1. The van der Waals surface area contributed by atoms with Crippen LogP contribution in [0, 0.1) is 6.92 Å². The highest BCUT2D eigenvalue weighted by molar-refractivity contribution is 7.20. The first-order valence-electron chi connectivity index (χ1n) is 10.2. The third-order valence-electron chi connectivity index (χ3n) is 5.63. The van der Waals surface area contributed by atoms with E-state index in [-0.39, 0.29) is 30.0 Å². The van der Waals surface area contributed by atoms with E-state index in [0.29, 0.717) is 31.4 Å². The van der Waals surface area contributed by atoms with E-state index in [4.69, 9.17) is 11.6 Å². The van der Waals surface area contributed by atoms with Gasteiger partial charge in [0.1, 0.15) is 11.4 Å². The molecule has 1 aromatic carbocycles. The number of aryl methyl sites for hydroxylation is 1. The molecular formula is C22H23ClN4O3S. The van der Waals surface area contributed by atoms with Crippen molar-refractivity contribution in [1.29, 1.82) is 0 Å². The van der Waals surface area contributed by atoms with Gasteiger partial charge in [-0.05, 0) is 56.9 Å². The molecule has 3 aromatic rings. The Labute approximate surface area is 188 Å². The molecule has 0 aliphatic carbocycles. The second-order valence-corrected chi connectivity index (χ2v) is 9.25. The SMILES string of the molecule is Cc1c(C(=O)Nc2cccc(Cl)c2)sc2ncn(CC(=O)N3CCCC[C@@H]3C)c(=O)c12. The van der Waals surface area contributed by atoms with Crippen molar-refractivity contribution in [3.63, 3.8) is 0 Å². The lowest BCUT2D eigenvalue weighted by Crippen LogP contribution is -2.44. The molecule has 0 radical (unpaired) electrons. The molecule has 0 bridgehead atoms. The fraction of sp³-hybridized carbons (Fsp3) is 0.364. The molecule has 2 amide bonds. The number of hydrogen-bond acceptors (Lipinski definition) is 5.